The molecule has 0 radical (unpaired) electrons. The highest BCUT2D eigenvalue weighted by molar-refractivity contribution is 6.30. The summed E-state index contributed by atoms with van der Waals surface area (Å²) in [4.78, 5) is 27.6. The normalized spacial score (nSPS) is 12.7. The van der Waals surface area contributed by atoms with Gasteiger partial charge in [0, 0.05) is 17.6 Å². The summed E-state index contributed by atoms with van der Waals surface area (Å²) in [5.74, 6) is 0.170. The summed E-state index contributed by atoms with van der Waals surface area (Å²) >= 11 is 5.99. The van der Waals surface area contributed by atoms with Crippen molar-refractivity contribution in [2.45, 2.75) is 52.1 Å². The molecule has 0 unspecified atom stereocenters. The largest absolute Gasteiger partial charge is 0.484 e. The average Bonchev–Trinajstić information content (AvgIpc) is 2.75. The molecule has 2 aromatic rings. The molecule has 0 heterocycles. The van der Waals surface area contributed by atoms with Gasteiger partial charge in [-0.15, -0.1) is 0 Å². The van der Waals surface area contributed by atoms with E-state index >= 15 is 0 Å². The van der Waals surface area contributed by atoms with Crippen molar-refractivity contribution in [1.82, 2.24) is 10.2 Å². The molecule has 30 heavy (non-hydrogen) atoms. The first-order valence-corrected chi connectivity index (χ1v) is 10.8. The van der Waals surface area contributed by atoms with Crippen LogP contribution in [0.25, 0.3) is 0 Å². The van der Waals surface area contributed by atoms with Crippen LogP contribution in [-0.4, -0.2) is 41.9 Å². The Kier molecular flexibility index (Phi) is 9.68. The summed E-state index contributed by atoms with van der Waals surface area (Å²) < 4.78 is 5.65. The fraction of sp³-hybridized carbons (Fsp3) is 0.417. The van der Waals surface area contributed by atoms with E-state index in [9.17, 15) is 9.59 Å². The molecular formula is C24H31ClN2O3. The Hall–Kier alpha value is -2.53. The molecule has 0 fully saturated rings. The number of hydrogen-bond acceptors (Lipinski definition) is 3. The van der Waals surface area contributed by atoms with Crippen LogP contribution >= 0.6 is 11.6 Å². The minimum Gasteiger partial charge on any atom is -0.484 e. The van der Waals surface area contributed by atoms with E-state index in [0.29, 0.717) is 30.2 Å². The van der Waals surface area contributed by atoms with Crippen molar-refractivity contribution in [3.63, 3.8) is 0 Å². The Morgan fingerprint density at radius 3 is 2.43 bits per heavy atom. The van der Waals surface area contributed by atoms with E-state index in [1.165, 1.54) is 0 Å². The van der Waals surface area contributed by atoms with Crippen LogP contribution in [0.15, 0.2) is 54.6 Å². The zero-order valence-corrected chi connectivity index (χ0v) is 18.7. The highest BCUT2D eigenvalue weighted by atomic mass is 35.5. The molecule has 0 saturated carbocycles. The molecule has 0 aliphatic rings. The van der Waals surface area contributed by atoms with E-state index in [4.69, 9.17) is 16.3 Å². The van der Waals surface area contributed by atoms with Gasteiger partial charge in [-0.3, -0.25) is 9.59 Å². The molecule has 0 aromatic heterocycles. The van der Waals surface area contributed by atoms with Gasteiger partial charge in [-0.25, -0.2) is 0 Å². The molecule has 0 aliphatic heterocycles. The SMILES string of the molecule is CC[C@H](C(=O)N[C@@H](C)CC)N(CCc1ccccc1)C(=O)COc1cccc(Cl)c1. The van der Waals surface area contributed by atoms with Gasteiger partial charge in [0.15, 0.2) is 6.61 Å². The molecule has 6 heteroatoms. The number of hydrogen-bond donors (Lipinski definition) is 1. The van der Waals surface area contributed by atoms with Gasteiger partial charge >= 0.3 is 0 Å². The molecule has 0 saturated heterocycles. The van der Waals surface area contributed by atoms with Crippen LogP contribution in [0.5, 0.6) is 5.75 Å². The number of rotatable bonds is 11. The zero-order valence-electron chi connectivity index (χ0n) is 17.9. The van der Waals surface area contributed by atoms with Crippen molar-refractivity contribution in [2.75, 3.05) is 13.2 Å². The van der Waals surface area contributed by atoms with Crippen LogP contribution in [0.3, 0.4) is 0 Å². The van der Waals surface area contributed by atoms with E-state index in [1.807, 2.05) is 51.1 Å². The summed E-state index contributed by atoms with van der Waals surface area (Å²) in [7, 11) is 0. The van der Waals surface area contributed by atoms with Crippen molar-refractivity contribution >= 4 is 23.4 Å². The van der Waals surface area contributed by atoms with Crippen molar-refractivity contribution in [2.24, 2.45) is 0 Å². The lowest BCUT2D eigenvalue weighted by molar-refractivity contribution is -0.142. The van der Waals surface area contributed by atoms with Gasteiger partial charge < -0.3 is 15.0 Å². The third-order valence-corrected chi connectivity index (χ3v) is 5.26. The first-order valence-electron chi connectivity index (χ1n) is 10.5. The van der Waals surface area contributed by atoms with Crippen molar-refractivity contribution in [3.05, 3.63) is 65.2 Å². The van der Waals surface area contributed by atoms with E-state index in [-0.39, 0.29) is 24.5 Å². The fourth-order valence-corrected chi connectivity index (χ4v) is 3.30. The molecular weight excluding hydrogens is 400 g/mol. The van der Waals surface area contributed by atoms with Crippen LogP contribution < -0.4 is 10.1 Å². The fourth-order valence-electron chi connectivity index (χ4n) is 3.12. The molecule has 0 spiro atoms. The minimum absolute atomic E-state index is 0.0559. The molecule has 0 aliphatic carbocycles. The third-order valence-electron chi connectivity index (χ3n) is 5.03. The van der Waals surface area contributed by atoms with E-state index in [2.05, 4.69) is 5.32 Å². The predicted octanol–water partition coefficient (Wildman–Crippen LogP) is 4.48. The molecule has 1 N–H and O–H groups in total. The lowest BCUT2D eigenvalue weighted by Gasteiger charge is -2.31. The minimum atomic E-state index is -0.543. The summed E-state index contributed by atoms with van der Waals surface area (Å²) in [5.41, 5.74) is 1.11. The Morgan fingerprint density at radius 1 is 1.07 bits per heavy atom. The van der Waals surface area contributed by atoms with Crippen LogP contribution in [0, 0.1) is 0 Å². The number of halogens is 1. The predicted molar refractivity (Wildman–Crippen MR) is 121 cm³/mol. The monoisotopic (exact) mass is 430 g/mol. The van der Waals surface area contributed by atoms with Crippen molar-refractivity contribution < 1.29 is 14.3 Å². The van der Waals surface area contributed by atoms with Gasteiger partial charge in [-0.1, -0.05) is 61.8 Å². The number of benzene rings is 2. The van der Waals surface area contributed by atoms with Gasteiger partial charge in [-0.2, -0.15) is 0 Å². The third kappa shape index (κ3) is 7.38. The Morgan fingerprint density at radius 2 is 1.80 bits per heavy atom. The lowest BCUT2D eigenvalue weighted by Crippen LogP contribution is -2.52. The topological polar surface area (TPSA) is 58.6 Å². The second-order valence-electron chi connectivity index (χ2n) is 7.31. The van der Waals surface area contributed by atoms with Crippen LogP contribution in [0.1, 0.15) is 39.2 Å². The number of carbonyl (C=O) groups is 2. The molecule has 0 bridgehead atoms. The number of amides is 2. The van der Waals surface area contributed by atoms with Crippen LogP contribution in [0.2, 0.25) is 5.02 Å². The average molecular weight is 431 g/mol. The van der Waals surface area contributed by atoms with E-state index in [0.717, 1.165) is 12.0 Å². The second kappa shape index (κ2) is 12.2. The summed E-state index contributed by atoms with van der Waals surface area (Å²) in [6.07, 6.45) is 2.02. The standard InChI is InChI=1S/C24H31ClN2O3/c1-4-18(3)26-24(29)22(5-2)27(15-14-19-10-7-6-8-11-19)23(28)17-30-21-13-9-12-20(25)16-21/h6-13,16,18,22H,4-5,14-15,17H2,1-3H3,(H,26,29)/t18-,22+/m0/s1. The Balaban J connectivity index is 2.13. The highest BCUT2D eigenvalue weighted by Gasteiger charge is 2.29. The Labute approximate surface area is 184 Å². The zero-order chi connectivity index (χ0) is 21.9. The quantitative estimate of drug-likeness (QED) is 0.571. The summed E-state index contributed by atoms with van der Waals surface area (Å²) in [5, 5.41) is 3.55. The summed E-state index contributed by atoms with van der Waals surface area (Å²) in [6.45, 7) is 6.18. The van der Waals surface area contributed by atoms with E-state index < -0.39 is 6.04 Å². The maximum Gasteiger partial charge on any atom is 0.261 e. The van der Waals surface area contributed by atoms with Crippen LogP contribution in [-0.2, 0) is 16.0 Å². The number of ether oxygens (including phenoxy) is 1. The molecule has 2 amide bonds. The lowest BCUT2D eigenvalue weighted by atomic mass is 10.1. The summed E-state index contributed by atoms with van der Waals surface area (Å²) in [6, 6.07) is 16.4. The van der Waals surface area contributed by atoms with E-state index in [1.54, 1.807) is 29.2 Å². The maximum atomic E-state index is 13.1. The highest BCUT2D eigenvalue weighted by Crippen LogP contribution is 2.17. The molecule has 2 aromatic carbocycles. The molecule has 2 rings (SSSR count). The van der Waals surface area contributed by atoms with Gasteiger partial charge in [0.1, 0.15) is 11.8 Å². The number of nitrogens with zero attached hydrogens (tertiary/aromatic N) is 1. The molecule has 162 valence electrons. The maximum absolute atomic E-state index is 13.1. The first kappa shape index (κ1) is 23.7. The van der Waals surface area contributed by atoms with Gasteiger partial charge in [0.25, 0.3) is 5.91 Å². The number of carbonyl (C=O) groups excluding carboxylic acids is 2. The number of nitrogens with one attached hydrogen (secondary N) is 1. The molecule has 5 nitrogen and oxygen atoms in total. The van der Waals surface area contributed by atoms with Gasteiger partial charge in [0.2, 0.25) is 5.91 Å². The first-order chi connectivity index (χ1) is 14.4. The van der Waals surface area contributed by atoms with Gasteiger partial charge in [0.05, 0.1) is 0 Å². The van der Waals surface area contributed by atoms with Crippen molar-refractivity contribution in [1.29, 1.82) is 0 Å². The molecule has 2 atom stereocenters. The van der Waals surface area contributed by atoms with Crippen LogP contribution in [0.4, 0.5) is 0 Å². The van der Waals surface area contributed by atoms with Crippen molar-refractivity contribution in [3.8, 4) is 5.75 Å². The Bertz CT molecular complexity index is 813. The van der Waals surface area contributed by atoms with Gasteiger partial charge in [-0.05, 0) is 49.9 Å². The smallest absolute Gasteiger partial charge is 0.261 e. The second-order valence-corrected chi connectivity index (χ2v) is 7.75.